The Kier molecular flexibility index (Phi) is 4.69. The highest BCUT2D eigenvalue weighted by atomic mass is 15.3. The SMILES string of the molecule is CCCN(C(N)=NC1CCCC1)C1CCCC1. The summed E-state index contributed by atoms with van der Waals surface area (Å²) in [5.74, 6) is 0.825. The molecule has 0 unspecified atom stereocenters. The van der Waals surface area contributed by atoms with Crippen molar-refractivity contribution in [3.05, 3.63) is 0 Å². The molecule has 2 rings (SSSR count). The topological polar surface area (TPSA) is 41.6 Å². The number of guanidine groups is 1. The number of aliphatic imine (C=N–C) groups is 1. The van der Waals surface area contributed by atoms with Crippen LogP contribution in [0.25, 0.3) is 0 Å². The summed E-state index contributed by atoms with van der Waals surface area (Å²) >= 11 is 0. The van der Waals surface area contributed by atoms with Crippen LogP contribution in [0.3, 0.4) is 0 Å². The zero-order valence-corrected chi connectivity index (χ0v) is 11.2. The van der Waals surface area contributed by atoms with Crippen molar-refractivity contribution < 1.29 is 0 Å². The molecule has 3 heteroatoms. The third-order valence-electron chi connectivity index (χ3n) is 4.16. The van der Waals surface area contributed by atoms with Crippen molar-refractivity contribution in [2.24, 2.45) is 10.7 Å². The molecule has 0 amide bonds. The Hall–Kier alpha value is -0.730. The van der Waals surface area contributed by atoms with Crippen molar-refractivity contribution in [3.63, 3.8) is 0 Å². The second kappa shape index (κ2) is 6.27. The van der Waals surface area contributed by atoms with Gasteiger partial charge in [0.1, 0.15) is 0 Å². The number of nitrogens with two attached hydrogens (primary N) is 1. The Morgan fingerprint density at radius 3 is 2.29 bits per heavy atom. The molecule has 0 atom stereocenters. The van der Waals surface area contributed by atoms with Gasteiger partial charge in [-0.25, -0.2) is 4.99 Å². The van der Waals surface area contributed by atoms with Crippen LogP contribution in [0.1, 0.15) is 64.7 Å². The monoisotopic (exact) mass is 237 g/mol. The van der Waals surface area contributed by atoms with E-state index in [-0.39, 0.29) is 0 Å². The van der Waals surface area contributed by atoms with E-state index in [1.54, 1.807) is 0 Å². The molecule has 0 spiro atoms. The summed E-state index contributed by atoms with van der Waals surface area (Å²) in [4.78, 5) is 7.14. The summed E-state index contributed by atoms with van der Waals surface area (Å²) in [7, 11) is 0. The van der Waals surface area contributed by atoms with E-state index >= 15 is 0 Å². The zero-order valence-electron chi connectivity index (χ0n) is 11.2. The summed E-state index contributed by atoms with van der Waals surface area (Å²) in [6.45, 7) is 3.30. The molecule has 2 fully saturated rings. The van der Waals surface area contributed by atoms with Crippen molar-refractivity contribution in [3.8, 4) is 0 Å². The van der Waals surface area contributed by atoms with Crippen LogP contribution in [0.2, 0.25) is 0 Å². The number of rotatable bonds is 4. The second-order valence-electron chi connectivity index (χ2n) is 5.56. The molecule has 2 N–H and O–H groups in total. The van der Waals surface area contributed by atoms with Crippen LogP contribution in [0.5, 0.6) is 0 Å². The maximum Gasteiger partial charge on any atom is 0.191 e. The van der Waals surface area contributed by atoms with E-state index in [1.165, 1.54) is 51.4 Å². The molecule has 0 saturated heterocycles. The van der Waals surface area contributed by atoms with Gasteiger partial charge in [-0.05, 0) is 32.1 Å². The van der Waals surface area contributed by atoms with E-state index in [0.717, 1.165) is 18.9 Å². The van der Waals surface area contributed by atoms with E-state index in [4.69, 9.17) is 10.7 Å². The molecule has 2 saturated carbocycles. The third kappa shape index (κ3) is 3.36. The highest BCUT2D eigenvalue weighted by molar-refractivity contribution is 5.78. The van der Waals surface area contributed by atoms with Gasteiger partial charge in [0.25, 0.3) is 0 Å². The van der Waals surface area contributed by atoms with Crippen molar-refractivity contribution in [2.45, 2.75) is 76.8 Å². The van der Waals surface area contributed by atoms with Crippen LogP contribution in [-0.2, 0) is 0 Å². The third-order valence-corrected chi connectivity index (χ3v) is 4.16. The van der Waals surface area contributed by atoms with Gasteiger partial charge in [0.05, 0.1) is 6.04 Å². The first-order valence-electron chi connectivity index (χ1n) is 7.41. The van der Waals surface area contributed by atoms with Gasteiger partial charge in [-0.15, -0.1) is 0 Å². The molecule has 0 radical (unpaired) electrons. The van der Waals surface area contributed by atoms with E-state index < -0.39 is 0 Å². The Balaban J connectivity index is 1.97. The number of hydrogen-bond acceptors (Lipinski definition) is 1. The van der Waals surface area contributed by atoms with Gasteiger partial charge >= 0.3 is 0 Å². The minimum Gasteiger partial charge on any atom is -0.370 e. The highest BCUT2D eigenvalue weighted by Gasteiger charge is 2.24. The first-order chi connectivity index (χ1) is 8.31. The van der Waals surface area contributed by atoms with Crippen LogP contribution in [0.4, 0.5) is 0 Å². The van der Waals surface area contributed by atoms with Crippen LogP contribution < -0.4 is 5.73 Å². The molecule has 0 bridgehead atoms. The summed E-state index contributed by atoms with van der Waals surface area (Å²) in [5.41, 5.74) is 6.24. The van der Waals surface area contributed by atoms with Gasteiger partial charge in [0.15, 0.2) is 5.96 Å². The average molecular weight is 237 g/mol. The zero-order chi connectivity index (χ0) is 12.1. The van der Waals surface area contributed by atoms with Crippen molar-refractivity contribution in [2.75, 3.05) is 6.54 Å². The molecule has 0 heterocycles. The van der Waals surface area contributed by atoms with E-state index in [2.05, 4.69) is 11.8 Å². The standard InChI is InChI=1S/C14H27N3/c1-2-11-17(13-9-5-6-10-13)14(15)16-12-7-3-4-8-12/h12-13H,2-11H2,1H3,(H2,15,16). The van der Waals surface area contributed by atoms with Crippen molar-refractivity contribution in [1.29, 1.82) is 0 Å². The molecule has 0 aromatic heterocycles. The molecule has 2 aliphatic rings. The first-order valence-corrected chi connectivity index (χ1v) is 7.41. The van der Waals surface area contributed by atoms with Crippen LogP contribution in [0.15, 0.2) is 4.99 Å². The smallest absolute Gasteiger partial charge is 0.191 e. The number of nitrogens with zero attached hydrogens (tertiary/aromatic N) is 2. The van der Waals surface area contributed by atoms with Crippen LogP contribution in [0, 0.1) is 0 Å². The van der Waals surface area contributed by atoms with E-state index in [0.29, 0.717) is 12.1 Å². The maximum atomic E-state index is 6.24. The molecule has 0 aliphatic heterocycles. The quantitative estimate of drug-likeness (QED) is 0.603. The normalized spacial score (nSPS) is 23.5. The van der Waals surface area contributed by atoms with Gasteiger partial charge in [-0.2, -0.15) is 0 Å². The molecular formula is C14H27N3. The fourth-order valence-corrected chi connectivity index (χ4v) is 3.24. The lowest BCUT2D eigenvalue weighted by molar-refractivity contribution is 0.309. The molecule has 0 aromatic rings. The fraction of sp³-hybridized carbons (Fsp3) is 0.929. The molecular weight excluding hydrogens is 210 g/mol. The van der Waals surface area contributed by atoms with Gasteiger partial charge < -0.3 is 10.6 Å². The average Bonchev–Trinajstić information content (AvgIpc) is 2.97. The van der Waals surface area contributed by atoms with Gasteiger partial charge in [0, 0.05) is 12.6 Å². The Morgan fingerprint density at radius 2 is 1.71 bits per heavy atom. The van der Waals surface area contributed by atoms with Gasteiger partial charge in [0.2, 0.25) is 0 Å². The van der Waals surface area contributed by atoms with Gasteiger partial charge in [-0.3, -0.25) is 0 Å². The lowest BCUT2D eigenvalue weighted by Crippen LogP contribution is -2.44. The van der Waals surface area contributed by atoms with Crippen LogP contribution in [-0.4, -0.2) is 29.5 Å². The van der Waals surface area contributed by atoms with Crippen LogP contribution >= 0.6 is 0 Å². The first kappa shape index (κ1) is 12.7. The summed E-state index contributed by atoms with van der Waals surface area (Å²) in [5, 5.41) is 0. The lowest BCUT2D eigenvalue weighted by Gasteiger charge is -2.30. The predicted octanol–water partition coefficient (Wildman–Crippen LogP) is 2.90. The second-order valence-corrected chi connectivity index (χ2v) is 5.56. The minimum absolute atomic E-state index is 0.510. The summed E-state index contributed by atoms with van der Waals surface area (Å²) in [6, 6.07) is 1.18. The summed E-state index contributed by atoms with van der Waals surface area (Å²) < 4.78 is 0. The number of hydrogen-bond donors (Lipinski definition) is 1. The largest absolute Gasteiger partial charge is 0.370 e. The maximum absolute atomic E-state index is 6.24. The van der Waals surface area contributed by atoms with E-state index in [1.807, 2.05) is 0 Å². The Bertz CT molecular complexity index is 250. The Morgan fingerprint density at radius 1 is 1.12 bits per heavy atom. The van der Waals surface area contributed by atoms with Crippen molar-refractivity contribution in [1.82, 2.24) is 4.90 Å². The highest BCUT2D eigenvalue weighted by Crippen LogP contribution is 2.25. The predicted molar refractivity (Wildman–Crippen MR) is 73.1 cm³/mol. The summed E-state index contributed by atoms with van der Waals surface area (Å²) in [6.07, 6.45) is 11.6. The minimum atomic E-state index is 0.510. The lowest BCUT2D eigenvalue weighted by atomic mass is 10.2. The van der Waals surface area contributed by atoms with Crippen molar-refractivity contribution >= 4 is 5.96 Å². The van der Waals surface area contributed by atoms with E-state index in [9.17, 15) is 0 Å². The molecule has 3 nitrogen and oxygen atoms in total. The molecule has 0 aromatic carbocycles. The Labute approximate surface area is 105 Å². The molecule has 2 aliphatic carbocycles. The molecule has 98 valence electrons. The fourth-order valence-electron chi connectivity index (χ4n) is 3.24. The molecule has 17 heavy (non-hydrogen) atoms. The van der Waals surface area contributed by atoms with Gasteiger partial charge in [-0.1, -0.05) is 32.6 Å².